The molecular weight excluding hydrogens is 216 g/mol. The van der Waals surface area contributed by atoms with Gasteiger partial charge in [0, 0.05) is 24.9 Å². The number of aryl methyl sites for hydroxylation is 1. The number of carbonyl (C=O) groups is 1. The summed E-state index contributed by atoms with van der Waals surface area (Å²) >= 11 is 0. The summed E-state index contributed by atoms with van der Waals surface area (Å²) in [7, 11) is 0. The summed E-state index contributed by atoms with van der Waals surface area (Å²) in [5, 5.41) is 6.80. The molecule has 0 radical (unpaired) electrons. The maximum atomic E-state index is 11.8. The van der Waals surface area contributed by atoms with E-state index in [9.17, 15) is 4.79 Å². The SMILES string of the molecule is Cc1cc(CCNC(=O)C2CCCCC2)on1. The Morgan fingerprint density at radius 2 is 2.24 bits per heavy atom. The molecule has 2 rings (SSSR count). The minimum atomic E-state index is 0.209. The van der Waals surface area contributed by atoms with Crippen molar-refractivity contribution in [2.24, 2.45) is 5.92 Å². The van der Waals surface area contributed by atoms with Crippen LogP contribution in [0.25, 0.3) is 0 Å². The lowest BCUT2D eigenvalue weighted by Crippen LogP contribution is -2.33. The van der Waals surface area contributed by atoms with Gasteiger partial charge in [-0.05, 0) is 19.8 Å². The van der Waals surface area contributed by atoms with E-state index in [2.05, 4.69) is 10.5 Å². The highest BCUT2D eigenvalue weighted by atomic mass is 16.5. The predicted octanol–water partition coefficient (Wildman–Crippen LogP) is 2.22. The quantitative estimate of drug-likeness (QED) is 0.872. The van der Waals surface area contributed by atoms with Crippen molar-refractivity contribution in [1.29, 1.82) is 0 Å². The Labute approximate surface area is 102 Å². The molecular formula is C13H20N2O2. The van der Waals surface area contributed by atoms with Gasteiger partial charge in [-0.3, -0.25) is 4.79 Å². The molecule has 1 saturated carbocycles. The molecule has 0 saturated heterocycles. The molecule has 4 heteroatoms. The summed E-state index contributed by atoms with van der Waals surface area (Å²) in [5.41, 5.74) is 0.888. The van der Waals surface area contributed by atoms with E-state index >= 15 is 0 Å². The Balaban J connectivity index is 1.69. The monoisotopic (exact) mass is 236 g/mol. The third kappa shape index (κ3) is 3.58. The fraction of sp³-hybridized carbons (Fsp3) is 0.692. The Hall–Kier alpha value is -1.32. The number of hydrogen-bond donors (Lipinski definition) is 1. The van der Waals surface area contributed by atoms with Crippen LogP contribution < -0.4 is 5.32 Å². The van der Waals surface area contributed by atoms with Crippen LogP contribution >= 0.6 is 0 Å². The molecule has 0 bridgehead atoms. The van der Waals surface area contributed by atoms with Crippen LogP contribution in [0.15, 0.2) is 10.6 Å². The van der Waals surface area contributed by atoms with Crippen LogP contribution in [0.5, 0.6) is 0 Å². The van der Waals surface area contributed by atoms with Crippen LogP contribution in [-0.2, 0) is 11.2 Å². The van der Waals surface area contributed by atoms with Crippen molar-refractivity contribution < 1.29 is 9.32 Å². The molecule has 0 aromatic carbocycles. The second kappa shape index (κ2) is 5.84. The molecule has 1 heterocycles. The van der Waals surface area contributed by atoms with Gasteiger partial charge in [-0.1, -0.05) is 24.4 Å². The number of carbonyl (C=O) groups excluding carboxylic acids is 1. The maximum absolute atomic E-state index is 11.8. The molecule has 17 heavy (non-hydrogen) atoms. The van der Waals surface area contributed by atoms with E-state index in [1.165, 1.54) is 19.3 Å². The van der Waals surface area contributed by atoms with E-state index in [0.29, 0.717) is 6.54 Å². The fourth-order valence-electron chi connectivity index (χ4n) is 2.35. The van der Waals surface area contributed by atoms with Crippen LogP contribution in [0.2, 0.25) is 0 Å². The highest BCUT2D eigenvalue weighted by molar-refractivity contribution is 5.78. The largest absolute Gasteiger partial charge is 0.361 e. The van der Waals surface area contributed by atoms with Gasteiger partial charge in [-0.25, -0.2) is 0 Å². The molecule has 1 aliphatic carbocycles. The third-order valence-corrected chi connectivity index (χ3v) is 3.32. The Kier molecular flexibility index (Phi) is 4.18. The zero-order valence-electron chi connectivity index (χ0n) is 10.4. The number of rotatable bonds is 4. The van der Waals surface area contributed by atoms with Crippen LogP contribution in [-0.4, -0.2) is 17.6 Å². The highest BCUT2D eigenvalue weighted by Crippen LogP contribution is 2.23. The molecule has 1 aromatic heterocycles. The standard InChI is InChI=1S/C13H20N2O2/c1-10-9-12(17-15-10)7-8-14-13(16)11-5-3-2-4-6-11/h9,11H,2-8H2,1H3,(H,14,16). The minimum absolute atomic E-state index is 0.209. The van der Waals surface area contributed by atoms with Gasteiger partial charge in [0.2, 0.25) is 5.91 Å². The fourth-order valence-corrected chi connectivity index (χ4v) is 2.35. The first kappa shape index (κ1) is 12.1. The Morgan fingerprint density at radius 3 is 2.88 bits per heavy atom. The van der Waals surface area contributed by atoms with Crippen molar-refractivity contribution in [3.63, 3.8) is 0 Å². The van der Waals surface area contributed by atoms with E-state index in [0.717, 1.165) is 30.7 Å². The predicted molar refractivity (Wildman–Crippen MR) is 64.5 cm³/mol. The van der Waals surface area contributed by atoms with Gasteiger partial charge in [-0.15, -0.1) is 0 Å². The average molecular weight is 236 g/mol. The topological polar surface area (TPSA) is 55.1 Å². The zero-order valence-corrected chi connectivity index (χ0v) is 10.4. The van der Waals surface area contributed by atoms with Crippen molar-refractivity contribution in [1.82, 2.24) is 10.5 Å². The highest BCUT2D eigenvalue weighted by Gasteiger charge is 2.20. The lowest BCUT2D eigenvalue weighted by molar-refractivity contribution is -0.125. The van der Waals surface area contributed by atoms with E-state index in [1.54, 1.807) is 0 Å². The van der Waals surface area contributed by atoms with E-state index in [-0.39, 0.29) is 11.8 Å². The zero-order chi connectivity index (χ0) is 12.1. The van der Waals surface area contributed by atoms with Gasteiger partial charge in [-0.2, -0.15) is 0 Å². The van der Waals surface area contributed by atoms with Crippen molar-refractivity contribution in [2.45, 2.75) is 45.4 Å². The Bertz CT molecular complexity index is 367. The molecule has 1 fully saturated rings. The molecule has 0 aliphatic heterocycles. The molecule has 0 spiro atoms. The first-order valence-corrected chi connectivity index (χ1v) is 6.45. The molecule has 1 aliphatic rings. The molecule has 94 valence electrons. The molecule has 4 nitrogen and oxygen atoms in total. The van der Waals surface area contributed by atoms with Crippen molar-refractivity contribution in [3.8, 4) is 0 Å². The van der Waals surface area contributed by atoms with Crippen LogP contribution in [0.4, 0.5) is 0 Å². The molecule has 1 aromatic rings. The summed E-state index contributed by atoms with van der Waals surface area (Å²) in [6, 6.07) is 1.91. The lowest BCUT2D eigenvalue weighted by atomic mass is 9.89. The van der Waals surface area contributed by atoms with Gasteiger partial charge >= 0.3 is 0 Å². The van der Waals surface area contributed by atoms with E-state index in [1.807, 2.05) is 13.0 Å². The van der Waals surface area contributed by atoms with Gasteiger partial charge in [0.1, 0.15) is 5.76 Å². The van der Waals surface area contributed by atoms with Gasteiger partial charge < -0.3 is 9.84 Å². The average Bonchev–Trinajstić information content (AvgIpc) is 2.76. The second-order valence-electron chi connectivity index (χ2n) is 4.81. The van der Waals surface area contributed by atoms with Gasteiger partial charge in [0.15, 0.2) is 0 Å². The van der Waals surface area contributed by atoms with Crippen LogP contribution in [0.3, 0.4) is 0 Å². The number of amides is 1. The molecule has 0 unspecified atom stereocenters. The van der Waals surface area contributed by atoms with Gasteiger partial charge in [0.25, 0.3) is 0 Å². The van der Waals surface area contributed by atoms with Crippen LogP contribution in [0.1, 0.15) is 43.6 Å². The summed E-state index contributed by atoms with van der Waals surface area (Å²) in [5.74, 6) is 1.28. The number of hydrogen-bond acceptors (Lipinski definition) is 3. The second-order valence-corrected chi connectivity index (χ2v) is 4.81. The Morgan fingerprint density at radius 1 is 1.47 bits per heavy atom. The first-order chi connectivity index (χ1) is 8.25. The normalized spacial score (nSPS) is 17.0. The minimum Gasteiger partial charge on any atom is -0.361 e. The molecule has 0 atom stereocenters. The van der Waals surface area contributed by atoms with Crippen molar-refractivity contribution >= 4 is 5.91 Å². The number of aromatic nitrogens is 1. The maximum Gasteiger partial charge on any atom is 0.223 e. The lowest BCUT2D eigenvalue weighted by Gasteiger charge is -2.20. The van der Waals surface area contributed by atoms with Crippen molar-refractivity contribution in [2.75, 3.05) is 6.54 Å². The smallest absolute Gasteiger partial charge is 0.223 e. The van der Waals surface area contributed by atoms with Crippen molar-refractivity contribution in [3.05, 3.63) is 17.5 Å². The summed E-state index contributed by atoms with van der Waals surface area (Å²) < 4.78 is 5.09. The van der Waals surface area contributed by atoms with E-state index < -0.39 is 0 Å². The number of nitrogens with one attached hydrogen (secondary N) is 1. The van der Waals surface area contributed by atoms with Gasteiger partial charge in [0.05, 0.1) is 5.69 Å². The summed E-state index contributed by atoms with van der Waals surface area (Å²) in [6.45, 7) is 2.54. The van der Waals surface area contributed by atoms with E-state index in [4.69, 9.17) is 4.52 Å². The molecule has 1 amide bonds. The number of nitrogens with zero attached hydrogens (tertiary/aromatic N) is 1. The first-order valence-electron chi connectivity index (χ1n) is 6.45. The third-order valence-electron chi connectivity index (χ3n) is 3.32. The summed E-state index contributed by atoms with van der Waals surface area (Å²) in [6.07, 6.45) is 6.49. The van der Waals surface area contributed by atoms with Crippen LogP contribution in [0, 0.1) is 12.8 Å². The summed E-state index contributed by atoms with van der Waals surface area (Å²) in [4.78, 5) is 11.8. The molecule has 1 N–H and O–H groups in total.